The Morgan fingerprint density at radius 3 is 2.47 bits per heavy atom. The Hall–Kier alpha value is -3.03. The number of thioether (sulfide) groups is 1. The van der Waals surface area contributed by atoms with Crippen LogP contribution in [0.1, 0.15) is 21.5 Å². The molecule has 1 atom stereocenters. The molecule has 3 aromatic carbocycles. The molecule has 0 aromatic heterocycles. The van der Waals surface area contributed by atoms with Crippen LogP contribution < -0.4 is 0 Å². The predicted molar refractivity (Wildman–Crippen MR) is 132 cm³/mol. The summed E-state index contributed by atoms with van der Waals surface area (Å²) in [5.41, 5.74) is 3.27. The van der Waals surface area contributed by atoms with Gasteiger partial charge in [0, 0.05) is 22.0 Å². The summed E-state index contributed by atoms with van der Waals surface area (Å²) >= 11 is 4.65. The summed E-state index contributed by atoms with van der Waals surface area (Å²) < 4.78 is 0.919. The van der Waals surface area contributed by atoms with Crippen molar-refractivity contribution in [2.75, 3.05) is 5.75 Å². The molecule has 1 amide bonds. The Morgan fingerprint density at radius 2 is 1.69 bits per heavy atom. The normalized spacial score (nSPS) is 16.8. The summed E-state index contributed by atoms with van der Waals surface area (Å²) in [6, 6.07) is 24.3. The van der Waals surface area contributed by atoms with Crippen molar-refractivity contribution in [3.05, 3.63) is 100 Å². The van der Waals surface area contributed by atoms with Crippen LogP contribution >= 0.6 is 27.7 Å². The second kappa shape index (κ2) is 8.84. The third kappa shape index (κ3) is 4.06. The third-order valence-electron chi connectivity index (χ3n) is 5.32. The molecule has 2 heterocycles. The molecule has 7 heteroatoms. The molecule has 0 N–H and O–H groups in total. The summed E-state index contributed by atoms with van der Waals surface area (Å²) in [6.07, 6.45) is 0.525. The average molecular weight is 504 g/mol. The zero-order chi connectivity index (χ0) is 22.1. The molecule has 0 saturated carbocycles. The molecule has 3 aromatic rings. The SMILES string of the molecule is O=C(CSC1=Nc2ccccc2C2=NC(Cc3ccccc3)C(=O)N12)c1ccc(Br)cc1. The van der Waals surface area contributed by atoms with Gasteiger partial charge >= 0.3 is 0 Å². The van der Waals surface area contributed by atoms with E-state index in [0.717, 1.165) is 21.3 Å². The van der Waals surface area contributed by atoms with Gasteiger partial charge in [0.1, 0.15) is 11.9 Å². The molecule has 0 saturated heterocycles. The predicted octanol–water partition coefficient (Wildman–Crippen LogP) is 5.27. The zero-order valence-corrected chi connectivity index (χ0v) is 19.3. The number of para-hydroxylation sites is 1. The van der Waals surface area contributed by atoms with Crippen LogP contribution in [-0.2, 0) is 11.2 Å². The molecule has 2 aliphatic heterocycles. The minimum Gasteiger partial charge on any atom is -0.293 e. The fourth-order valence-corrected chi connectivity index (χ4v) is 4.88. The number of carbonyl (C=O) groups excluding carboxylic acids is 2. The van der Waals surface area contributed by atoms with Crippen molar-refractivity contribution in [1.29, 1.82) is 0 Å². The smallest absolute Gasteiger partial charge is 0.259 e. The highest BCUT2D eigenvalue weighted by molar-refractivity contribution is 9.10. The molecule has 0 bridgehead atoms. The zero-order valence-electron chi connectivity index (χ0n) is 16.9. The molecule has 5 nitrogen and oxygen atoms in total. The third-order valence-corrected chi connectivity index (χ3v) is 6.79. The van der Waals surface area contributed by atoms with Gasteiger partial charge in [-0.15, -0.1) is 0 Å². The van der Waals surface area contributed by atoms with Crippen LogP contribution in [0, 0.1) is 0 Å². The van der Waals surface area contributed by atoms with Gasteiger partial charge in [-0.25, -0.2) is 9.89 Å². The van der Waals surface area contributed by atoms with Gasteiger partial charge in [0.25, 0.3) is 5.91 Å². The van der Waals surface area contributed by atoms with Gasteiger partial charge in [-0.3, -0.25) is 14.6 Å². The van der Waals surface area contributed by atoms with E-state index in [9.17, 15) is 9.59 Å². The summed E-state index contributed by atoms with van der Waals surface area (Å²) in [7, 11) is 0. The van der Waals surface area contributed by atoms with E-state index in [1.165, 1.54) is 11.8 Å². The van der Waals surface area contributed by atoms with Gasteiger partial charge in [-0.1, -0.05) is 82.3 Å². The second-order valence-corrected chi connectivity index (χ2v) is 9.32. The minimum absolute atomic E-state index is 0.0185. The standard InChI is InChI=1S/C25H18BrN3O2S/c26-18-12-10-17(11-13-18)22(30)15-32-25-28-20-9-5-4-8-19(20)23-27-21(24(31)29(23)25)14-16-6-2-1-3-7-16/h1-13,21H,14-15H2. The fourth-order valence-electron chi connectivity index (χ4n) is 3.72. The number of nitrogens with zero attached hydrogens (tertiary/aromatic N) is 3. The number of amides is 1. The molecule has 2 aliphatic rings. The maximum absolute atomic E-state index is 13.3. The van der Waals surface area contributed by atoms with E-state index in [-0.39, 0.29) is 17.4 Å². The number of rotatable bonds is 5. The Labute approximate surface area is 198 Å². The van der Waals surface area contributed by atoms with Crippen LogP contribution in [0.5, 0.6) is 0 Å². The fraction of sp³-hybridized carbons (Fsp3) is 0.120. The molecule has 5 rings (SSSR count). The van der Waals surface area contributed by atoms with Crippen LogP contribution in [0.2, 0.25) is 0 Å². The number of Topliss-reactive ketones (excluding diaryl/α,β-unsaturated/α-hetero) is 1. The van der Waals surface area contributed by atoms with Crippen molar-refractivity contribution in [1.82, 2.24) is 4.90 Å². The van der Waals surface area contributed by atoms with Crippen LogP contribution in [0.4, 0.5) is 5.69 Å². The molecule has 0 spiro atoms. The summed E-state index contributed by atoms with van der Waals surface area (Å²) in [5, 5.41) is 0.494. The Kier molecular flexibility index (Phi) is 5.76. The molecule has 0 fully saturated rings. The molecule has 158 valence electrons. The Bertz CT molecular complexity index is 1260. The minimum atomic E-state index is -0.508. The number of benzene rings is 3. The molecular weight excluding hydrogens is 486 g/mol. The van der Waals surface area contributed by atoms with Crippen molar-refractivity contribution in [2.24, 2.45) is 9.98 Å². The van der Waals surface area contributed by atoms with Crippen molar-refractivity contribution >= 4 is 56.1 Å². The molecular formula is C25H18BrN3O2S. The second-order valence-electron chi connectivity index (χ2n) is 7.46. The first kappa shape index (κ1) is 20.8. The van der Waals surface area contributed by atoms with Crippen molar-refractivity contribution in [2.45, 2.75) is 12.5 Å². The maximum Gasteiger partial charge on any atom is 0.259 e. The quantitative estimate of drug-likeness (QED) is 0.445. The lowest BCUT2D eigenvalue weighted by atomic mass is 10.1. The molecule has 32 heavy (non-hydrogen) atoms. The van der Waals surface area contributed by atoms with Gasteiger partial charge in [-0.05, 0) is 29.8 Å². The van der Waals surface area contributed by atoms with E-state index < -0.39 is 6.04 Å². The lowest BCUT2D eigenvalue weighted by Gasteiger charge is -2.25. The molecule has 1 unspecified atom stereocenters. The van der Waals surface area contributed by atoms with Crippen LogP contribution in [0.3, 0.4) is 0 Å². The van der Waals surface area contributed by atoms with E-state index in [1.54, 1.807) is 17.0 Å². The van der Waals surface area contributed by atoms with Crippen LogP contribution in [0.15, 0.2) is 93.3 Å². The van der Waals surface area contributed by atoms with E-state index in [4.69, 9.17) is 9.98 Å². The number of amidine groups is 2. The average Bonchev–Trinajstić information content (AvgIpc) is 3.15. The lowest BCUT2D eigenvalue weighted by molar-refractivity contribution is -0.124. The first-order valence-electron chi connectivity index (χ1n) is 10.2. The van der Waals surface area contributed by atoms with E-state index in [0.29, 0.717) is 23.0 Å². The Morgan fingerprint density at radius 1 is 0.969 bits per heavy atom. The molecule has 0 radical (unpaired) electrons. The van der Waals surface area contributed by atoms with Gasteiger partial charge < -0.3 is 0 Å². The van der Waals surface area contributed by atoms with Gasteiger partial charge in [0.2, 0.25) is 0 Å². The summed E-state index contributed by atoms with van der Waals surface area (Å²) in [5.74, 6) is 0.666. The highest BCUT2D eigenvalue weighted by atomic mass is 79.9. The number of fused-ring (bicyclic) bond motifs is 3. The topological polar surface area (TPSA) is 62.1 Å². The number of aliphatic imine (C=N–C) groups is 2. The summed E-state index contributed by atoms with van der Waals surface area (Å²) in [4.78, 5) is 37.1. The van der Waals surface area contributed by atoms with Gasteiger partial charge in [0.05, 0.1) is 11.4 Å². The van der Waals surface area contributed by atoms with E-state index >= 15 is 0 Å². The molecule has 0 aliphatic carbocycles. The number of hydrogen-bond donors (Lipinski definition) is 0. The Balaban J connectivity index is 1.42. The number of ketones is 1. The highest BCUT2D eigenvalue weighted by Crippen LogP contribution is 2.34. The van der Waals surface area contributed by atoms with Crippen LogP contribution in [-0.4, -0.2) is 39.4 Å². The van der Waals surface area contributed by atoms with Crippen molar-refractivity contribution < 1.29 is 9.59 Å². The van der Waals surface area contributed by atoms with Gasteiger partial charge in [-0.2, -0.15) is 0 Å². The maximum atomic E-state index is 13.3. The van der Waals surface area contributed by atoms with Crippen molar-refractivity contribution in [3.63, 3.8) is 0 Å². The monoisotopic (exact) mass is 503 g/mol. The number of hydrogen-bond acceptors (Lipinski definition) is 5. The van der Waals surface area contributed by atoms with Gasteiger partial charge in [0.15, 0.2) is 11.0 Å². The van der Waals surface area contributed by atoms with E-state index in [2.05, 4.69) is 15.9 Å². The van der Waals surface area contributed by atoms with Crippen molar-refractivity contribution in [3.8, 4) is 0 Å². The summed E-state index contributed by atoms with van der Waals surface area (Å²) in [6.45, 7) is 0. The largest absolute Gasteiger partial charge is 0.293 e. The number of halogens is 1. The first-order valence-corrected chi connectivity index (χ1v) is 11.9. The van der Waals surface area contributed by atoms with Crippen LogP contribution in [0.25, 0.3) is 0 Å². The number of carbonyl (C=O) groups is 2. The lowest BCUT2D eigenvalue weighted by Crippen LogP contribution is -2.41. The highest BCUT2D eigenvalue weighted by Gasteiger charge is 2.41. The van der Waals surface area contributed by atoms with E-state index in [1.807, 2.05) is 66.7 Å². The first-order chi connectivity index (χ1) is 15.6.